The highest BCUT2D eigenvalue weighted by molar-refractivity contribution is 6.05. The van der Waals surface area contributed by atoms with Gasteiger partial charge in [-0.3, -0.25) is 20.0 Å². The van der Waals surface area contributed by atoms with E-state index in [-0.39, 0.29) is 0 Å². The van der Waals surface area contributed by atoms with Crippen LogP contribution < -0.4 is 0 Å². The van der Waals surface area contributed by atoms with Crippen LogP contribution in [-0.4, -0.2) is 22.9 Å². The number of aliphatic imine (C=N–C) groups is 2. The highest BCUT2D eigenvalue weighted by Gasteiger charge is 2.06. The monoisotopic (exact) mass is 298 g/mol. The molecule has 0 bridgehead atoms. The molecule has 0 spiro atoms. The second-order valence-corrected chi connectivity index (χ2v) is 5.33. The van der Waals surface area contributed by atoms with Crippen LogP contribution >= 0.6 is 0 Å². The van der Waals surface area contributed by atoms with Gasteiger partial charge in [0.05, 0.1) is 22.4 Å². The molecule has 0 saturated carbocycles. The van der Waals surface area contributed by atoms with E-state index in [9.17, 15) is 0 Å². The second-order valence-electron chi connectivity index (χ2n) is 5.33. The van der Waals surface area contributed by atoms with Crippen molar-refractivity contribution in [3.05, 3.63) is 48.8 Å². The molecule has 4 heteroatoms. The Morgan fingerprint density at radius 1 is 0.783 bits per heavy atom. The topological polar surface area (TPSA) is 50.5 Å². The maximum absolute atomic E-state index is 4.38. The van der Waals surface area contributed by atoms with Gasteiger partial charge in [0.15, 0.2) is 0 Å². The van der Waals surface area contributed by atoms with Gasteiger partial charge in [0.25, 0.3) is 0 Å². The van der Waals surface area contributed by atoms with E-state index in [0.29, 0.717) is 0 Å². The quantitative estimate of drug-likeness (QED) is 0.386. The largest absolute Gasteiger partial charge is 0.262 e. The molecule has 0 saturated heterocycles. The Morgan fingerprint density at radius 3 is 1.83 bits per heavy atom. The molecular weight excluding hydrogens is 284 g/mol. The van der Waals surface area contributed by atoms with E-state index in [4.69, 9.17) is 0 Å². The van der Waals surface area contributed by atoms with E-state index < -0.39 is 0 Å². The van der Waals surface area contributed by atoms with E-state index in [1.807, 2.05) is 19.1 Å². The summed E-state index contributed by atoms with van der Waals surface area (Å²) in [6, 6.07) is 12.5. The number of hydrogen-bond donors (Lipinski definition) is 0. The predicted molar refractivity (Wildman–Crippen MR) is 97.6 cm³/mol. The molecule has 0 aliphatic heterocycles. The van der Waals surface area contributed by atoms with Gasteiger partial charge in [0.2, 0.25) is 0 Å². The standard InChI is InChI=1S/C19H14N4/c1-3-21-17-9-13-7-15-11-19-18(22-4-5-23-19)10-14(15)6-12(13)8-16(17)20-2/h3-11H,2H2,1H3/b21-3-. The molecule has 0 aliphatic rings. The minimum atomic E-state index is 0.788. The zero-order valence-electron chi connectivity index (χ0n) is 12.7. The van der Waals surface area contributed by atoms with Crippen LogP contribution in [0.25, 0.3) is 32.6 Å². The van der Waals surface area contributed by atoms with Gasteiger partial charge in [0, 0.05) is 18.6 Å². The van der Waals surface area contributed by atoms with Gasteiger partial charge in [-0.1, -0.05) is 0 Å². The van der Waals surface area contributed by atoms with Gasteiger partial charge in [-0.2, -0.15) is 0 Å². The van der Waals surface area contributed by atoms with Crippen molar-refractivity contribution in [1.82, 2.24) is 9.97 Å². The first-order valence-corrected chi connectivity index (χ1v) is 7.36. The zero-order chi connectivity index (χ0) is 15.8. The van der Waals surface area contributed by atoms with Crippen molar-refractivity contribution in [2.45, 2.75) is 6.92 Å². The minimum Gasteiger partial charge on any atom is -0.262 e. The molecule has 0 amide bonds. The van der Waals surface area contributed by atoms with Crippen LogP contribution in [0.2, 0.25) is 0 Å². The number of rotatable bonds is 2. The highest BCUT2D eigenvalue weighted by atomic mass is 14.8. The summed E-state index contributed by atoms with van der Waals surface area (Å²) in [5, 5.41) is 4.50. The lowest BCUT2D eigenvalue weighted by Crippen LogP contribution is -1.84. The first-order chi connectivity index (χ1) is 11.3. The highest BCUT2D eigenvalue weighted by Crippen LogP contribution is 2.35. The molecule has 3 aromatic carbocycles. The van der Waals surface area contributed by atoms with Gasteiger partial charge in [0.1, 0.15) is 0 Å². The van der Waals surface area contributed by atoms with Crippen molar-refractivity contribution < 1.29 is 0 Å². The van der Waals surface area contributed by atoms with E-state index >= 15 is 0 Å². The van der Waals surface area contributed by atoms with Crippen LogP contribution in [0.1, 0.15) is 6.92 Å². The number of hydrogen-bond acceptors (Lipinski definition) is 4. The third-order valence-corrected chi connectivity index (χ3v) is 3.91. The van der Waals surface area contributed by atoms with Crippen LogP contribution in [-0.2, 0) is 0 Å². The van der Waals surface area contributed by atoms with Crippen molar-refractivity contribution in [3.63, 3.8) is 0 Å². The molecule has 4 aromatic rings. The Labute approximate surface area is 133 Å². The summed E-state index contributed by atoms with van der Waals surface area (Å²) in [5.74, 6) is 0. The van der Waals surface area contributed by atoms with Crippen LogP contribution in [0.4, 0.5) is 11.4 Å². The summed E-state index contributed by atoms with van der Waals surface area (Å²) in [4.78, 5) is 17.2. The second kappa shape index (κ2) is 5.25. The molecule has 1 aromatic heterocycles. The average Bonchev–Trinajstić information content (AvgIpc) is 2.58. The Morgan fingerprint density at radius 2 is 1.30 bits per heavy atom. The normalized spacial score (nSPS) is 11.7. The van der Waals surface area contributed by atoms with E-state index in [0.717, 1.165) is 44.0 Å². The van der Waals surface area contributed by atoms with Gasteiger partial charge >= 0.3 is 0 Å². The fraction of sp³-hybridized carbons (Fsp3) is 0.0526. The molecule has 4 rings (SSSR count). The van der Waals surface area contributed by atoms with E-state index in [2.05, 4.69) is 50.9 Å². The first kappa shape index (κ1) is 13.5. The summed E-state index contributed by atoms with van der Waals surface area (Å²) >= 11 is 0. The van der Waals surface area contributed by atoms with Crippen molar-refractivity contribution in [3.8, 4) is 0 Å². The molecule has 110 valence electrons. The summed E-state index contributed by atoms with van der Waals surface area (Å²) in [6.07, 6.45) is 5.19. The third-order valence-electron chi connectivity index (χ3n) is 3.91. The zero-order valence-corrected chi connectivity index (χ0v) is 12.7. The van der Waals surface area contributed by atoms with Crippen molar-refractivity contribution in [1.29, 1.82) is 0 Å². The molecule has 23 heavy (non-hydrogen) atoms. The molecule has 0 fully saturated rings. The van der Waals surface area contributed by atoms with Crippen LogP contribution in [0.15, 0.2) is 58.8 Å². The Bertz CT molecular complexity index is 1100. The van der Waals surface area contributed by atoms with E-state index in [1.54, 1.807) is 18.6 Å². The van der Waals surface area contributed by atoms with Crippen LogP contribution in [0.3, 0.4) is 0 Å². The lowest BCUT2D eigenvalue weighted by Gasteiger charge is -2.07. The predicted octanol–water partition coefficient (Wildman–Crippen LogP) is 4.99. The lowest BCUT2D eigenvalue weighted by molar-refractivity contribution is 1.30. The maximum Gasteiger partial charge on any atom is 0.0893 e. The first-order valence-electron chi connectivity index (χ1n) is 7.36. The van der Waals surface area contributed by atoms with E-state index in [1.165, 1.54) is 0 Å². The molecule has 4 nitrogen and oxygen atoms in total. The molecule has 1 heterocycles. The summed E-state index contributed by atoms with van der Waals surface area (Å²) < 4.78 is 0. The minimum absolute atomic E-state index is 0.788. The van der Waals surface area contributed by atoms with Crippen LogP contribution in [0.5, 0.6) is 0 Å². The molecule has 0 unspecified atom stereocenters. The van der Waals surface area contributed by atoms with Gasteiger partial charge in [-0.15, -0.1) is 0 Å². The number of nitrogens with zero attached hydrogens (tertiary/aromatic N) is 4. The summed E-state index contributed by atoms with van der Waals surface area (Å²) in [5.41, 5.74) is 3.41. The molecular formula is C19H14N4. The Balaban J connectivity index is 2.07. The Hall–Kier alpha value is -3.14. The van der Waals surface area contributed by atoms with Gasteiger partial charge in [-0.05, 0) is 71.6 Å². The molecule has 0 atom stereocenters. The molecule has 0 N–H and O–H groups in total. The summed E-state index contributed by atoms with van der Waals surface area (Å²) in [6.45, 7) is 5.53. The number of aromatic nitrogens is 2. The van der Waals surface area contributed by atoms with Crippen LogP contribution in [0, 0.1) is 0 Å². The Kier molecular flexibility index (Phi) is 3.08. The SMILES string of the molecule is C=Nc1cc2cc3cc4nccnc4cc3cc2cc1/N=C\C. The fourth-order valence-electron chi connectivity index (χ4n) is 2.86. The molecule has 0 aliphatic carbocycles. The van der Waals surface area contributed by atoms with Crippen molar-refractivity contribution in [2.24, 2.45) is 9.98 Å². The maximum atomic E-state index is 4.38. The number of fused-ring (bicyclic) bond motifs is 3. The fourth-order valence-corrected chi connectivity index (χ4v) is 2.86. The van der Waals surface area contributed by atoms with Crippen molar-refractivity contribution >= 4 is 56.9 Å². The lowest BCUT2D eigenvalue weighted by atomic mass is 10.0. The van der Waals surface area contributed by atoms with Gasteiger partial charge < -0.3 is 0 Å². The average molecular weight is 298 g/mol. The third kappa shape index (κ3) is 2.25. The molecule has 0 radical (unpaired) electrons. The summed E-state index contributed by atoms with van der Waals surface area (Å²) in [7, 11) is 0. The number of benzene rings is 3. The van der Waals surface area contributed by atoms with Gasteiger partial charge in [-0.25, -0.2) is 0 Å². The smallest absolute Gasteiger partial charge is 0.0893 e. The van der Waals surface area contributed by atoms with Crippen molar-refractivity contribution in [2.75, 3.05) is 0 Å².